The number of anilines is 1. The van der Waals surface area contributed by atoms with Crippen LogP contribution in [0.25, 0.3) is 5.82 Å². The fourth-order valence-electron chi connectivity index (χ4n) is 4.18. The Kier molecular flexibility index (Phi) is 5.74. The highest BCUT2D eigenvalue weighted by atomic mass is 35.5. The topological polar surface area (TPSA) is 55.2 Å². The number of hydrogen-bond acceptors (Lipinski definition) is 4. The maximum absolute atomic E-state index is 6.48. The summed E-state index contributed by atoms with van der Waals surface area (Å²) in [7, 11) is 1.60. The molecule has 1 aliphatic rings. The SMILES string of the molecule is COc1ccc(N2C(=S)N[C@@H](c3ccccn3)[C@@H]2c2cccn2-c2ccc(C)cn2)cc1Cl. The van der Waals surface area contributed by atoms with Gasteiger partial charge in [-0.15, -0.1) is 0 Å². The number of thiocarbonyl (C=S) groups is 1. The number of methoxy groups -OCH3 is 1. The molecular formula is C25H22ClN5OS. The third kappa shape index (κ3) is 3.94. The van der Waals surface area contributed by atoms with Crippen LogP contribution in [0.3, 0.4) is 0 Å². The lowest BCUT2D eigenvalue weighted by atomic mass is 10.0. The Labute approximate surface area is 202 Å². The summed E-state index contributed by atoms with van der Waals surface area (Å²) in [6, 6.07) is 19.4. The van der Waals surface area contributed by atoms with Crippen molar-refractivity contribution in [2.24, 2.45) is 0 Å². The molecule has 6 nitrogen and oxygen atoms in total. The van der Waals surface area contributed by atoms with E-state index in [0.717, 1.165) is 28.5 Å². The van der Waals surface area contributed by atoms with Crippen LogP contribution in [-0.4, -0.2) is 26.8 Å². The highest BCUT2D eigenvalue weighted by molar-refractivity contribution is 7.80. The second-order valence-electron chi connectivity index (χ2n) is 7.81. The van der Waals surface area contributed by atoms with Gasteiger partial charge in [0.25, 0.3) is 0 Å². The Bertz CT molecular complexity index is 1290. The first-order valence-electron chi connectivity index (χ1n) is 10.5. The summed E-state index contributed by atoms with van der Waals surface area (Å²) in [6.07, 6.45) is 5.68. The summed E-state index contributed by atoms with van der Waals surface area (Å²) < 4.78 is 7.44. The van der Waals surface area contributed by atoms with Crippen molar-refractivity contribution in [2.75, 3.05) is 12.0 Å². The first kappa shape index (κ1) is 21.4. The van der Waals surface area contributed by atoms with E-state index in [1.54, 1.807) is 13.3 Å². The maximum atomic E-state index is 6.48. The van der Waals surface area contributed by atoms with E-state index >= 15 is 0 Å². The number of aromatic nitrogens is 3. The van der Waals surface area contributed by atoms with Gasteiger partial charge in [0.15, 0.2) is 5.11 Å². The molecule has 0 saturated carbocycles. The van der Waals surface area contributed by atoms with Gasteiger partial charge in [-0.25, -0.2) is 4.98 Å². The average molecular weight is 476 g/mol. The fraction of sp³-hybridized carbons (Fsp3) is 0.160. The van der Waals surface area contributed by atoms with Crippen LogP contribution >= 0.6 is 23.8 Å². The molecule has 0 unspecified atom stereocenters. The van der Waals surface area contributed by atoms with Gasteiger partial charge in [-0.2, -0.15) is 0 Å². The number of rotatable bonds is 5. The smallest absolute Gasteiger partial charge is 0.174 e. The number of hydrogen-bond donors (Lipinski definition) is 1. The second-order valence-corrected chi connectivity index (χ2v) is 8.61. The van der Waals surface area contributed by atoms with Gasteiger partial charge in [-0.3, -0.25) is 4.98 Å². The summed E-state index contributed by atoms with van der Waals surface area (Å²) in [4.78, 5) is 11.3. The van der Waals surface area contributed by atoms with E-state index in [2.05, 4.69) is 36.9 Å². The van der Waals surface area contributed by atoms with Crippen LogP contribution in [-0.2, 0) is 0 Å². The number of benzene rings is 1. The molecule has 0 amide bonds. The molecule has 0 radical (unpaired) electrons. The highest BCUT2D eigenvalue weighted by Gasteiger charge is 2.42. The van der Waals surface area contributed by atoms with Crippen LogP contribution < -0.4 is 15.0 Å². The zero-order valence-corrected chi connectivity index (χ0v) is 19.7. The van der Waals surface area contributed by atoms with Crippen LogP contribution in [0.5, 0.6) is 5.75 Å². The van der Waals surface area contributed by atoms with Crippen molar-refractivity contribution in [3.63, 3.8) is 0 Å². The molecular weight excluding hydrogens is 454 g/mol. The van der Waals surface area contributed by atoms with Gasteiger partial charge in [0, 0.05) is 30.0 Å². The predicted molar refractivity (Wildman–Crippen MR) is 134 cm³/mol. The predicted octanol–water partition coefficient (Wildman–Crippen LogP) is 5.41. The van der Waals surface area contributed by atoms with Crippen LogP contribution in [0.1, 0.15) is 29.0 Å². The molecule has 1 aromatic carbocycles. The Balaban J connectivity index is 1.66. The molecule has 1 aliphatic heterocycles. The molecule has 0 bridgehead atoms. The Morgan fingerprint density at radius 2 is 1.94 bits per heavy atom. The average Bonchev–Trinajstić information content (AvgIpc) is 3.44. The third-order valence-corrected chi connectivity index (χ3v) is 6.35. The van der Waals surface area contributed by atoms with Gasteiger partial charge in [-0.1, -0.05) is 23.7 Å². The lowest BCUT2D eigenvalue weighted by molar-refractivity contribution is 0.415. The van der Waals surface area contributed by atoms with Gasteiger partial charge >= 0.3 is 0 Å². The maximum Gasteiger partial charge on any atom is 0.174 e. The Morgan fingerprint density at radius 3 is 2.64 bits per heavy atom. The lowest BCUT2D eigenvalue weighted by Crippen LogP contribution is -2.30. The third-order valence-electron chi connectivity index (χ3n) is 5.74. The van der Waals surface area contributed by atoms with Crippen molar-refractivity contribution < 1.29 is 4.74 Å². The summed E-state index contributed by atoms with van der Waals surface area (Å²) >= 11 is 12.3. The minimum atomic E-state index is -0.185. The molecule has 33 heavy (non-hydrogen) atoms. The Morgan fingerprint density at radius 1 is 1.06 bits per heavy atom. The molecule has 166 valence electrons. The molecule has 3 aromatic heterocycles. The summed E-state index contributed by atoms with van der Waals surface area (Å²) in [5.41, 5.74) is 3.90. The number of aryl methyl sites for hydroxylation is 1. The molecule has 1 fully saturated rings. The lowest BCUT2D eigenvalue weighted by Gasteiger charge is -2.29. The molecule has 8 heteroatoms. The van der Waals surface area contributed by atoms with Gasteiger partial charge < -0.3 is 19.5 Å². The van der Waals surface area contributed by atoms with Gasteiger partial charge in [-0.05, 0) is 73.2 Å². The molecule has 4 heterocycles. The molecule has 1 N–H and O–H groups in total. The van der Waals surface area contributed by atoms with E-state index in [1.165, 1.54) is 0 Å². The second kappa shape index (κ2) is 8.84. The van der Waals surface area contributed by atoms with E-state index in [0.29, 0.717) is 15.9 Å². The minimum absolute atomic E-state index is 0.168. The molecule has 0 spiro atoms. The van der Waals surface area contributed by atoms with E-state index in [1.807, 2.05) is 67.8 Å². The largest absolute Gasteiger partial charge is 0.495 e. The molecule has 1 saturated heterocycles. The number of nitrogens with one attached hydrogen (secondary N) is 1. The fourth-order valence-corrected chi connectivity index (χ4v) is 4.78. The summed E-state index contributed by atoms with van der Waals surface area (Å²) in [5, 5.41) is 4.60. The van der Waals surface area contributed by atoms with Crippen LogP contribution in [0.2, 0.25) is 5.02 Å². The zero-order valence-electron chi connectivity index (χ0n) is 18.1. The standard InChI is InChI=1S/C25H22ClN5OS/c1-16-8-11-22(28-15-16)30-13-5-7-20(30)24-23(19-6-3-4-12-27-19)29-25(33)31(24)17-9-10-21(32-2)18(26)14-17/h3-15,23-24H,1-2H3,(H,29,33)/t23-,24-/m0/s1. The van der Waals surface area contributed by atoms with Crippen molar-refractivity contribution in [2.45, 2.75) is 19.0 Å². The first-order chi connectivity index (χ1) is 16.1. The van der Waals surface area contributed by atoms with Crippen LogP contribution in [0.15, 0.2) is 79.3 Å². The van der Waals surface area contributed by atoms with E-state index in [9.17, 15) is 0 Å². The minimum Gasteiger partial charge on any atom is -0.495 e. The summed E-state index contributed by atoms with van der Waals surface area (Å²) in [6.45, 7) is 2.03. The molecule has 4 aromatic rings. The normalized spacial score (nSPS) is 17.8. The summed E-state index contributed by atoms with van der Waals surface area (Å²) in [5.74, 6) is 1.45. The van der Waals surface area contributed by atoms with E-state index in [4.69, 9.17) is 28.6 Å². The van der Waals surface area contributed by atoms with Crippen molar-refractivity contribution >= 4 is 34.6 Å². The van der Waals surface area contributed by atoms with Crippen molar-refractivity contribution in [1.82, 2.24) is 19.9 Å². The quantitative estimate of drug-likeness (QED) is 0.389. The monoisotopic (exact) mass is 475 g/mol. The van der Waals surface area contributed by atoms with Crippen molar-refractivity contribution in [3.05, 3.63) is 101 Å². The number of nitrogens with zero attached hydrogens (tertiary/aromatic N) is 4. The van der Waals surface area contributed by atoms with Gasteiger partial charge in [0.1, 0.15) is 17.6 Å². The molecule has 2 atom stereocenters. The van der Waals surface area contributed by atoms with E-state index < -0.39 is 0 Å². The van der Waals surface area contributed by atoms with Gasteiger partial charge in [0.05, 0.1) is 23.9 Å². The van der Waals surface area contributed by atoms with Crippen molar-refractivity contribution in [3.8, 4) is 11.6 Å². The number of pyridine rings is 2. The molecule has 5 rings (SSSR count). The highest BCUT2D eigenvalue weighted by Crippen LogP contribution is 2.43. The number of ether oxygens (including phenoxy) is 1. The Hall–Kier alpha value is -3.42. The van der Waals surface area contributed by atoms with Crippen LogP contribution in [0.4, 0.5) is 5.69 Å². The van der Waals surface area contributed by atoms with E-state index in [-0.39, 0.29) is 12.1 Å². The molecule has 0 aliphatic carbocycles. The first-order valence-corrected chi connectivity index (χ1v) is 11.3. The van der Waals surface area contributed by atoms with Crippen molar-refractivity contribution in [1.29, 1.82) is 0 Å². The zero-order chi connectivity index (χ0) is 22.9. The van der Waals surface area contributed by atoms with Crippen LogP contribution in [0, 0.1) is 6.92 Å². The number of halogens is 1. The van der Waals surface area contributed by atoms with Gasteiger partial charge in [0.2, 0.25) is 0 Å².